The Balaban J connectivity index is 2.37. The molecule has 98 valence electrons. The molecule has 0 aliphatic carbocycles. The molecule has 1 aromatic heterocycles. The molecule has 1 unspecified atom stereocenters. The number of aryl methyl sites for hydroxylation is 1. The van der Waals surface area contributed by atoms with Gasteiger partial charge in [0.1, 0.15) is 11.3 Å². The highest BCUT2D eigenvalue weighted by Crippen LogP contribution is 2.33. The van der Waals surface area contributed by atoms with E-state index in [0.29, 0.717) is 11.3 Å². The first kappa shape index (κ1) is 13.0. The summed E-state index contributed by atoms with van der Waals surface area (Å²) in [6.07, 6.45) is -5.16. The number of hydrogen-bond donors (Lipinski definition) is 1. The molecule has 2 nitrogen and oxygen atoms in total. The van der Waals surface area contributed by atoms with Gasteiger partial charge in [-0.15, -0.1) is 0 Å². The Morgan fingerprint density at radius 1 is 1.33 bits per heavy atom. The summed E-state index contributed by atoms with van der Waals surface area (Å²) in [5.74, 6) is 0.319. The van der Waals surface area contributed by atoms with Gasteiger partial charge in [0, 0.05) is 5.39 Å². The van der Waals surface area contributed by atoms with E-state index in [1.54, 1.807) is 6.07 Å². The number of furan rings is 1. The van der Waals surface area contributed by atoms with Gasteiger partial charge < -0.3 is 9.73 Å². The van der Waals surface area contributed by atoms with Crippen molar-refractivity contribution in [1.29, 1.82) is 0 Å². The first-order chi connectivity index (χ1) is 8.40. The number of benzene rings is 1. The molecule has 18 heavy (non-hydrogen) atoms. The highest BCUT2D eigenvalue weighted by atomic mass is 19.4. The smallest absolute Gasteiger partial charge is 0.391 e. The fraction of sp³-hybridized carbons (Fsp3) is 0.385. The van der Waals surface area contributed by atoms with Crippen LogP contribution >= 0.6 is 0 Å². The van der Waals surface area contributed by atoms with Gasteiger partial charge in [-0.2, -0.15) is 13.2 Å². The zero-order chi connectivity index (χ0) is 13.3. The van der Waals surface area contributed by atoms with E-state index in [4.69, 9.17) is 4.42 Å². The van der Waals surface area contributed by atoms with Crippen LogP contribution in [-0.4, -0.2) is 13.2 Å². The Morgan fingerprint density at radius 3 is 2.61 bits per heavy atom. The molecule has 2 rings (SSSR count). The third kappa shape index (κ3) is 2.67. The maximum atomic E-state index is 12.4. The van der Waals surface area contributed by atoms with Crippen molar-refractivity contribution in [3.8, 4) is 0 Å². The largest absolute Gasteiger partial charge is 0.459 e. The lowest BCUT2D eigenvalue weighted by molar-refractivity contribution is -0.141. The predicted octanol–water partition coefficient (Wildman–Crippen LogP) is 3.95. The van der Waals surface area contributed by atoms with E-state index in [1.165, 1.54) is 7.05 Å². The van der Waals surface area contributed by atoms with Crippen LogP contribution in [0.15, 0.2) is 28.7 Å². The van der Waals surface area contributed by atoms with E-state index in [1.807, 2.05) is 25.1 Å². The van der Waals surface area contributed by atoms with Gasteiger partial charge in [-0.3, -0.25) is 0 Å². The van der Waals surface area contributed by atoms with Crippen molar-refractivity contribution in [2.75, 3.05) is 7.05 Å². The number of halogens is 3. The van der Waals surface area contributed by atoms with Crippen LogP contribution in [0.5, 0.6) is 0 Å². The normalized spacial score (nSPS) is 14.1. The van der Waals surface area contributed by atoms with Crippen LogP contribution in [0.4, 0.5) is 13.2 Å². The summed E-state index contributed by atoms with van der Waals surface area (Å²) in [5, 5.41) is 3.47. The van der Waals surface area contributed by atoms with Gasteiger partial charge in [0.25, 0.3) is 0 Å². The average Bonchev–Trinajstić information content (AvgIpc) is 2.70. The quantitative estimate of drug-likeness (QED) is 0.900. The minimum atomic E-state index is -4.22. The maximum Gasteiger partial charge on any atom is 0.391 e. The Morgan fingerprint density at radius 2 is 2.06 bits per heavy atom. The molecule has 1 N–H and O–H groups in total. The molecule has 0 fully saturated rings. The van der Waals surface area contributed by atoms with Crippen molar-refractivity contribution in [2.24, 2.45) is 0 Å². The van der Waals surface area contributed by atoms with Gasteiger partial charge in [0.2, 0.25) is 0 Å². The average molecular weight is 257 g/mol. The minimum absolute atomic E-state index is 0.319. The number of para-hydroxylation sites is 1. The van der Waals surface area contributed by atoms with Crippen molar-refractivity contribution in [3.63, 3.8) is 0 Å². The van der Waals surface area contributed by atoms with Crippen molar-refractivity contribution < 1.29 is 17.6 Å². The molecule has 5 heteroatoms. The molecule has 0 bridgehead atoms. The summed E-state index contributed by atoms with van der Waals surface area (Å²) < 4.78 is 42.8. The summed E-state index contributed by atoms with van der Waals surface area (Å²) >= 11 is 0. The SMILES string of the molecule is CNC(CC(F)(F)F)c1cc2cccc(C)c2o1. The Labute approximate surface area is 103 Å². The fourth-order valence-electron chi connectivity index (χ4n) is 1.98. The van der Waals surface area contributed by atoms with Gasteiger partial charge in [-0.1, -0.05) is 18.2 Å². The summed E-state index contributed by atoms with van der Waals surface area (Å²) in [6, 6.07) is 6.37. The fourth-order valence-corrected chi connectivity index (χ4v) is 1.98. The lowest BCUT2D eigenvalue weighted by Crippen LogP contribution is -2.23. The highest BCUT2D eigenvalue weighted by molar-refractivity contribution is 5.80. The molecule has 1 heterocycles. The van der Waals surface area contributed by atoms with Crippen LogP contribution in [0.3, 0.4) is 0 Å². The van der Waals surface area contributed by atoms with Gasteiger partial charge in [-0.25, -0.2) is 0 Å². The highest BCUT2D eigenvalue weighted by Gasteiger charge is 2.33. The molecule has 1 atom stereocenters. The second-order valence-corrected chi connectivity index (χ2v) is 4.30. The summed E-state index contributed by atoms with van der Waals surface area (Å²) in [4.78, 5) is 0. The lowest BCUT2D eigenvalue weighted by atomic mass is 10.1. The number of rotatable bonds is 3. The van der Waals surface area contributed by atoms with Crippen LogP contribution in [-0.2, 0) is 0 Å². The van der Waals surface area contributed by atoms with Gasteiger partial charge in [0.15, 0.2) is 0 Å². The van der Waals surface area contributed by atoms with E-state index in [0.717, 1.165) is 10.9 Å². The van der Waals surface area contributed by atoms with E-state index in [9.17, 15) is 13.2 Å². The minimum Gasteiger partial charge on any atom is -0.459 e. The first-order valence-electron chi connectivity index (χ1n) is 5.64. The van der Waals surface area contributed by atoms with E-state index in [-0.39, 0.29) is 0 Å². The van der Waals surface area contributed by atoms with Gasteiger partial charge >= 0.3 is 6.18 Å². The molecule has 0 aliphatic rings. The monoisotopic (exact) mass is 257 g/mol. The molecule has 0 spiro atoms. The third-order valence-corrected chi connectivity index (χ3v) is 2.89. The standard InChI is InChI=1S/C13H14F3NO/c1-8-4-3-5-9-6-11(18-12(8)9)10(17-2)7-13(14,15)16/h3-6,10,17H,7H2,1-2H3. The van der Waals surface area contributed by atoms with E-state index >= 15 is 0 Å². The topological polar surface area (TPSA) is 25.2 Å². The van der Waals surface area contributed by atoms with Gasteiger partial charge in [0.05, 0.1) is 12.5 Å². The summed E-state index contributed by atoms with van der Waals surface area (Å²) in [6.45, 7) is 1.87. The maximum absolute atomic E-state index is 12.4. The zero-order valence-corrected chi connectivity index (χ0v) is 10.1. The number of nitrogens with one attached hydrogen (secondary N) is 1. The Kier molecular flexibility index (Phi) is 3.34. The van der Waals surface area contributed by atoms with Crippen LogP contribution in [0.2, 0.25) is 0 Å². The van der Waals surface area contributed by atoms with Gasteiger partial charge in [-0.05, 0) is 25.6 Å². The van der Waals surface area contributed by atoms with E-state index in [2.05, 4.69) is 5.32 Å². The molecule has 2 aromatic rings. The number of fused-ring (bicyclic) bond motifs is 1. The zero-order valence-electron chi connectivity index (χ0n) is 10.1. The molecule has 0 radical (unpaired) electrons. The molecule has 0 saturated carbocycles. The number of alkyl halides is 3. The van der Waals surface area contributed by atoms with Crippen LogP contribution in [0.1, 0.15) is 23.8 Å². The molecule has 0 aliphatic heterocycles. The van der Waals surface area contributed by atoms with E-state index < -0.39 is 18.6 Å². The second-order valence-electron chi connectivity index (χ2n) is 4.30. The van der Waals surface area contributed by atoms with Crippen molar-refractivity contribution in [1.82, 2.24) is 5.32 Å². The first-order valence-corrected chi connectivity index (χ1v) is 5.64. The third-order valence-electron chi connectivity index (χ3n) is 2.89. The lowest BCUT2D eigenvalue weighted by Gasteiger charge is -2.15. The second kappa shape index (κ2) is 4.65. The Hall–Kier alpha value is -1.49. The molecular weight excluding hydrogens is 243 g/mol. The summed E-state index contributed by atoms with van der Waals surface area (Å²) in [7, 11) is 1.50. The molecule has 0 amide bonds. The number of hydrogen-bond acceptors (Lipinski definition) is 2. The Bertz CT molecular complexity index is 545. The van der Waals surface area contributed by atoms with Crippen LogP contribution in [0.25, 0.3) is 11.0 Å². The van der Waals surface area contributed by atoms with Crippen molar-refractivity contribution in [2.45, 2.75) is 25.6 Å². The molecule has 0 saturated heterocycles. The molecular formula is C13H14F3NO. The predicted molar refractivity (Wildman–Crippen MR) is 63.4 cm³/mol. The van der Waals surface area contributed by atoms with Crippen LogP contribution in [0, 0.1) is 6.92 Å². The van der Waals surface area contributed by atoms with Crippen LogP contribution < -0.4 is 5.32 Å². The van der Waals surface area contributed by atoms with Crippen molar-refractivity contribution in [3.05, 3.63) is 35.6 Å². The van der Waals surface area contributed by atoms with Crippen molar-refractivity contribution >= 4 is 11.0 Å². The summed E-state index contributed by atoms with van der Waals surface area (Å²) in [5.41, 5.74) is 1.57. The molecule has 1 aromatic carbocycles.